The second kappa shape index (κ2) is 7.16. The first-order chi connectivity index (χ1) is 13.5. The van der Waals surface area contributed by atoms with E-state index in [1.54, 1.807) is 23.0 Å². The van der Waals surface area contributed by atoms with E-state index in [1.807, 2.05) is 6.92 Å². The molecular formula is C20H15ClF2N4O. The Kier molecular flexibility index (Phi) is 4.68. The van der Waals surface area contributed by atoms with Crippen molar-refractivity contribution in [2.75, 3.05) is 0 Å². The number of hydrogen-bond acceptors (Lipinski definition) is 3. The van der Waals surface area contributed by atoms with Crippen LogP contribution in [0.5, 0.6) is 0 Å². The molecule has 5 nitrogen and oxygen atoms in total. The Morgan fingerprint density at radius 3 is 2.54 bits per heavy atom. The van der Waals surface area contributed by atoms with Crippen LogP contribution in [0.2, 0.25) is 5.02 Å². The highest BCUT2D eigenvalue weighted by atomic mass is 35.5. The summed E-state index contributed by atoms with van der Waals surface area (Å²) < 4.78 is 30.8. The van der Waals surface area contributed by atoms with Gasteiger partial charge in [0.1, 0.15) is 17.5 Å². The van der Waals surface area contributed by atoms with Gasteiger partial charge in [0.25, 0.3) is 5.56 Å². The first-order valence-corrected chi connectivity index (χ1v) is 9.02. The van der Waals surface area contributed by atoms with Crippen LogP contribution in [0.15, 0.2) is 53.6 Å². The van der Waals surface area contributed by atoms with E-state index in [9.17, 15) is 13.6 Å². The monoisotopic (exact) mass is 400 g/mol. The molecule has 0 atom stereocenters. The van der Waals surface area contributed by atoms with Gasteiger partial charge in [-0.1, -0.05) is 17.7 Å². The number of halogens is 3. The highest BCUT2D eigenvalue weighted by Crippen LogP contribution is 2.20. The Balaban J connectivity index is 1.97. The van der Waals surface area contributed by atoms with Gasteiger partial charge in [0, 0.05) is 18.0 Å². The van der Waals surface area contributed by atoms with Crippen LogP contribution in [0, 0.1) is 11.6 Å². The van der Waals surface area contributed by atoms with Crippen molar-refractivity contribution < 1.29 is 8.78 Å². The number of nitrogens with zero attached hydrogens (tertiary/aromatic N) is 4. The average Bonchev–Trinajstić information content (AvgIpc) is 3.08. The summed E-state index contributed by atoms with van der Waals surface area (Å²) in [5, 5.41) is 0.282. The van der Waals surface area contributed by atoms with E-state index < -0.39 is 17.2 Å². The highest BCUT2D eigenvalue weighted by molar-refractivity contribution is 6.30. The second-order valence-corrected chi connectivity index (χ2v) is 6.70. The number of aromatic nitrogens is 4. The van der Waals surface area contributed by atoms with Crippen molar-refractivity contribution in [3.63, 3.8) is 0 Å². The SMILES string of the molecule is CCn1cnc2c(=O)n(-c3ccc(F)cc3)c(Cc3ccc(Cl)cc3F)nc21. The summed E-state index contributed by atoms with van der Waals surface area (Å²) in [5.74, 6) is -0.594. The smallest absolute Gasteiger partial charge is 0.286 e. The van der Waals surface area contributed by atoms with Crippen molar-refractivity contribution in [3.05, 3.63) is 87.2 Å². The zero-order valence-electron chi connectivity index (χ0n) is 14.9. The average molecular weight is 401 g/mol. The van der Waals surface area contributed by atoms with Gasteiger partial charge in [0.2, 0.25) is 0 Å². The lowest BCUT2D eigenvalue weighted by Crippen LogP contribution is -2.25. The molecule has 2 aromatic heterocycles. The number of aryl methyl sites for hydroxylation is 1. The Morgan fingerprint density at radius 1 is 1.11 bits per heavy atom. The third-order valence-corrected chi connectivity index (χ3v) is 4.73. The van der Waals surface area contributed by atoms with Crippen LogP contribution in [-0.4, -0.2) is 19.1 Å². The Labute approximate surface area is 163 Å². The van der Waals surface area contributed by atoms with E-state index in [0.717, 1.165) is 0 Å². The Hall–Kier alpha value is -3.06. The molecule has 0 unspecified atom stereocenters. The molecule has 0 amide bonds. The molecule has 0 saturated heterocycles. The summed E-state index contributed by atoms with van der Waals surface area (Å²) >= 11 is 5.83. The van der Waals surface area contributed by atoms with Crippen LogP contribution in [0.25, 0.3) is 16.9 Å². The molecule has 8 heteroatoms. The first-order valence-electron chi connectivity index (χ1n) is 8.64. The van der Waals surface area contributed by atoms with Gasteiger partial charge in [-0.3, -0.25) is 9.36 Å². The van der Waals surface area contributed by atoms with Gasteiger partial charge in [-0.2, -0.15) is 0 Å². The van der Waals surface area contributed by atoms with Gasteiger partial charge in [-0.25, -0.2) is 18.7 Å². The van der Waals surface area contributed by atoms with Gasteiger partial charge >= 0.3 is 0 Å². The molecule has 142 valence electrons. The van der Waals surface area contributed by atoms with Crippen molar-refractivity contribution in [3.8, 4) is 5.69 Å². The van der Waals surface area contributed by atoms with Crippen molar-refractivity contribution in [1.29, 1.82) is 0 Å². The van der Waals surface area contributed by atoms with E-state index in [0.29, 0.717) is 29.3 Å². The third-order valence-electron chi connectivity index (χ3n) is 4.50. The molecule has 4 aromatic rings. The zero-order valence-corrected chi connectivity index (χ0v) is 15.6. The Bertz CT molecular complexity index is 1230. The van der Waals surface area contributed by atoms with Crippen LogP contribution in [0.3, 0.4) is 0 Å². The topological polar surface area (TPSA) is 52.7 Å². The number of benzene rings is 2. The number of hydrogen-bond donors (Lipinski definition) is 0. The minimum atomic E-state index is -0.489. The van der Waals surface area contributed by atoms with Crippen LogP contribution < -0.4 is 5.56 Å². The molecule has 0 N–H and O–H groups in total. The molecule has 0 spiro atoms. The molecule has 0 radical (unpaired) electrons. The maximum absolute atomic E-state index is 14.4. The van der Waals surface area contributed by atoms with Crippen molar-refractivity contribution in [2.45, 2.75) is 19.9 Å². The predicted octanol–water partition coefficient (Wildman–Crippen LogP) is 4.12. The summed E-state index contributed by atoms with van der Waals surface area (Å²) in [6.45, 7) is 2.49. The summed E-state index contributed by atoms with van der Waals surface area (Å²) in [6.07, 6.45) is 1.60. The summed E-state index contributed by atoms with van der Waals surface area (Å²) in [4.78, 5) is 21.9. The quantitative estimate of drug-likeness (QED) is 0.517. The summed E-state index contributed by atoms with van der Waals surface area (Å²) in [5.41, 5.74) is 1.00. The molecule has 2 aromatic carbocycles. The van der Waals surface area contributed by atoms with E-state index in [2.05, 4.69) is 9.97 Å². The van der Waals surface area contributed by atoms with Gasteiger partial charge in [0.15, 0.2) is 11.2 Å². The van der Waals surface area contributed by atoms with E-state index in [1.165, 1.54) is 34.9 Å². The van der Waals surface area contributed by atoms with E-state index in [4.69, 9.17) is 11.6 Å². The van der Waals surface area contributed by atoms with Crippen LogP contribution in [-0.2, 0) is 13.0 Å². The largest absolute Gasteiger partial charge is 0.315 e. The van der Waals surface area contributed by atoms with Crippen molar-refractivity contribution in [2.24, 2.45) is 0 Å². The molecular weight excluding hydrogens is 386 g/mol. The van der Waals surface area contributed by atoms with Gasteiger partial charge in [0.05, 0.1) is 12.0 Å². The molecule has 0 saturated carbocycles. The molecule has 0 aliphatic carbocycles. The fraction of sp³-hybridized carbons (Fsp3) is 0.150. The third kappa shape index (κ3) is 3.18. The molecule has 0 bridgehead atoms. The highest BCUT2D eigenvalue weighted by Gasteiger charge is 2.18. The molecule has 0 fully saturated rings. The minimum absolute atomic E-state index is 0.0560. The van der Waals surface area contributed by atoms with Crippen LogP contribution in [0.1, 0.15) is 18.3 Å². The molecule has 2 heterocycles. The normalized spacial score (nSPS) is 11.3. The van der Waals surface area contributed by atoms with Crippen LogP contribution >= 0.6 is 11.6 Å². The van der Waals surface area contributed by atoms with Crippen molar-refractivity contribution >= 4 is 22.8 Å². The lowest BCUT2D eigenvalue weighted by molar-refractivity contribution is 0.610. The predicted molar refractivity (Wildman–Crippen MR) is 103 cm³/mol. The van der Waals surface area contributed by atoms with Gasteiger partial charge < -0.3 is 4.57 Å². The first kappa shape index (κ1) is 18.3. The van der Waals surface area contributed by atoms with Gasteiger partial charge in [-0.15, -0.1) is 0 Å². The summed E-state index contributed by atoms with van der Waals surface area (Å²) in [6, 6.07) is 9.80. The fourth-order valence-corrected chi connectivity index (χ4v) is 3.24. The molecule has 4 rings (SSSR count). The summed E-state index contributed by atoms with van der Waals surface area (Å²) in [7, 11) is 0. The Morgan fingerprint density at radius 2 is 1.86 bits per heavy atom. The lowest BCUT2D eigenvalue weighted by atomic mass is 10.1. The second-order valence-electron chi connectivity index (χ2n) is 6.26. The number of imidazole rings is 1. The maximum Gasteiger partial charge on any atom is 0.286 e. The molecule has 28 heavy (non-hydrogen) atoms. The zero-order chi connectivity index (χ0) is 19.8. The van der Waals surface area contributed by atoms with Gasteiger partial charge in [-0.05, 0) is 48.9 Å². The maximum atomic E-state index is 14.4. The lowest BCUT2D eigenvalue weighted by Gasteiger charge is -2.13. The minimum Gasteiger partial charge on any atom is -0.315 e. The standard InChI is InChI=1S/C20H15ClF2N4O/c1-2-26-11-24-18-19(26)25-17(9-12-3-4-13(21)10-16(12)23)27(20(18)28)15-7-5-14(22)6-8-15/h3-8,10-11H,2,9H2,1H3. The molecule has 0 aliphatic heterocycles. The van der Waals surface area contributed by atoms with Crippen molar-refractivity contribution in [1.82, 2.24) is 19.1 Å². The number of fused-ring (bicyclic) bond motifs is 1. The van der Waals surface area contributed by atoms with E-state index in [-0.39, 0.29) is 17.0 Å². The number of rotatable bonds is 4. The van der Waals surface area contributed by atoms with Crippen LogP contribution in [0.4, 0.5) is 8.78 Å². The molecule has 0 aliphatic rings. The fourth-order valence-electron chi connectivity index (χ4n) is 3.08. The van der Waals surface area contributed by atoms with E-state index >= 15 is 0 Å².